The second-order valence-electron chi connectivity index (χ2n) is 5.02. The van der Waals surface area contributed by atoms with Crippen molar-refractivity contribution in [2.45, 2.75) is 32.6 Å². The number of Topliss-reactive ketones (excluding diaryl/α,β-unsaturated/α-hetero) is 1. The Morgan fingerprint density at radius 2 is 2.22 bits per heavy atom. The fourth-order valence-corrected chi connectivity index (χ4v) is 2.40. The predicted octanol–water partition coefficient (Wildman–Crippen LogP) is 3.62. The van der Waals surface area contributed by atoms with Crippen LogP contribution in [0.2, 0.25) is 0 Å². The van der Waals surface area contributed by atoms with E-state index >= 15 is 0 Å². The quantitative estimate of drug-likeness (QED) is 0.807. The van der Waals surface area contributed by atoms with Crippen molar-refractivity contribution in [2.75, 3.05) is 0 Å². The van der Waals surface area contributed by atoms with E-state index in [1.165, 1.54) is 11.3 Å². The smallest absolute Gasteiger partial charge is 0.188 e. The number of rotatable bonds is 3. The normalized spacial score (nSPS) is 11.8. The monoisotopic (exact) mass is 328 g/mol. The molecule has 0 aliphatic rings. The lowest BCUT2D eigenvalue weighted by Crippen LogP contribution is -2.09. The summed E-state index contributed by atoms with van der Waals surface area (Å²) in [5, 5.41) is 5.66. The van der Waals surface area contributed by atoms with E-state index in [9.17, 15) is 4.79 Å². The van der Waals surface area contributed by atoms with Gasteiger partial charge in [-0.1, -0.05) is 25.9 Å². The summed E-state index contributed by atoms with van der Waals surface area (Å²) in [6.07, 6.45) is 0.218. The Morgan fingerprint density at radius 3 is 2.72 bits per heavy atom. The molecule has 0 bridgehead atoms. The second-order valence-corrected chi connectivity index (χ2v) is 7.15. The number of thiazole rings is 1. The number of ketones is 1. The van der Waals surface area contributed by atoms with Crippen LogP contribution >= 0.6 is 27.3 Å². The Hall–Kier alpha value is -1.01. The number of hydrogen-bond donors (Lipinski definition) is 0. The summed E-state index contributed by atoms with van der Waals surface area (Å²) in [5.41, 5.74) is 1.01. The van der Waals surface area contributed by atoms with Crippen LogP contribution in [0.25, 0.3) is 0 Å². The first-order chi connectivity index (χ1) is 8.36. The Balaban J connectivity index is 2.10. The van der Waals surface area contributed by atoms with Crippen LogP contribution in [0.5, 0.6) is 0 Å². The number of aromatic nitrogens is 2. The molecule has 0 amide bonds. The van der Waals surface area contributed by atoms with Crippen molar-refractivity contribution in [1.29, 1.82) is 0 Å². The Labute approximate surface area is 118 Å². The van der Waals surface area contributed by atoms with E-state index in [4.69, 9.17) is 4.52 Å². The van der Waals surface area contributed by atoms with Gasteiger partial charge in [0.2, 0.25) is 0 Å². The van der Waals surface area contributed by atoms with E-state index in [-0.39, 0.29) is 17.6 Å². The zero-order chi connectivity index (χ0) is 13.3. The van der Waals surface area contributed by atoms with Crippen LogP contribution in [0.1, 0.15) is 42.7 Å². The van der Waals surface area contributed by atoms with Gasteiger partial charge in [-0.3, -0.25) is 4.79 Å². The third-order valence-corrected chi connectivity index (χ3v) is 3.77. The van der Waals surface area contributed by atoms with Crippen LogP contribution in [0.3, 0.4) is 0 Å². The highest BCUT2D eigenvalue weighted by Crippen LogP contribution is 2.23. The zero-order valence-corrected chi connectivity index (χ0v) is 12.8. The van der Waals surface area contributed by atoms with Gasteiger partial charge < -0.3 is 4.52 Å². The number of hydrogen-bond acceptors (Lipinski definition) is 5. The number of carbonyl (C=O) groups excluding carboxylic acids is 1. The third kappa shape index (κ3) is 3.05. The molecule has 0 radical (unpaired) electrons. The van der Waals surface area contributed by atoms with Gasteiger partial charge >= 0.3 is 0 Å². The highest BCUT2D eigenvalue weighted by atomic mass is 79.9. The van der Waals surface area contributed by atoms with Gasteiger partial charge in [-0.05, 0) is 15.9 Å². The van der Waals surface area contributed by atoms with Gasteiger partial charge in [-0.25, -0.2) is 4.98 Å². The van der Waals surface area contributed by atoms with E-state index in [0.29, 0.717) is 15.3 Å². The number of halogens is 1. The second kappa shape index (κ2) is 4.93. The number of carbonyl (C=O) groups is 1. The fraction of sp³-hybridized carbons (Fsp3) is 0.417. The minimum absolute atomic E-state index is 0.0503. The molecule has 6 heteroatoms. The maximum atomic E-state index is 11.9. The summed E-state index contributed by atoms with van der Waals surface area (Å²) in [5.74, 6) is 0.732. The fourth-order valence-electron chi connectivity index (χ4n) is 1.38. The highest BCUT2D eigenvalue weighted by molar-refractivity contribution is 9.11. The standard InChI is InChI=1S/C12H13BrN2O2S/c1-12(2,3)10-5-7(15-17-10)4-9(16)8-6-18-11(13)14-8/h5-6H,4H2,1-3H3. The van der Waals surface area contributed by atoms with Crippen molar-refractivity contribution in [3.05, 3.63) is 32.5 Å². The minimum Gasteiger partial charge on any atom is -0.361 e. The van der Waals surface area contributed by atoms with Crippen LogP contribution in [-0.2, 0) is 11.8 Å². The van der Waals surface area contributed by atoms with Crippen molar-refractivity contribution < 1.29 is 9.32 Å². The molecule has 2 aromatic rings. The molecule has 0 spiro atoms. The van der Waals surface area contributed by atoms with Crippen LogP contribution in [0.4, 0.5) is 0 Å². The summed E-state index contributed by atoms with van der Waals surface area (Å²) < 4.78 is 5.95. The topological polar surface area (TPSA) is 56.0 Å². The van der Waals surface area contributed by atoms with Crippen LogP contribution in [0.15, 0.2) is 19.9 Å². The molecule has 2 heterocycles. The van der Waals surface area contributed by atoms with Crippen molar-refractivity contribution in [2.24, 2.45) is 0 Å². The van der Waals surface area contributed by atoms with Gasteiger partial charge in [0, 0.05) is 16.9 Å². The lowest BCUT2D eigenvalue weighted by Gasteiger charge is -2.12. The summed E-state index contributed by atoms with van der Waals surface area (Å²) in [7, 11) is 0. The van der Waals surface area contributed by atoms with Gasteiger partial charge in [0.25, 0.3) is 0 Å². The Kier molecular flexibility index (Phi) is 3.68. The molecule has 0 aliphatic carbocycles. The lowest BCUT2D eigenvalue weighted by atomic mass is 9.93. The van der Waals surface area contributed by atoms with Crippen molar-refractivity contribution in [3.63, 3.8) is 0 Å². The van der Waals surface area contributed by atoms with Crippen LogP contribution in [0, 0.1) is 0 Å². The Morgan fingerprint density at radius 1 is 1.50 bits per heavy atom. The van der Waals surface area contributed by atoms with Gasteiger partial charge in [0.15, 0.2) is 9.70 Å². The molecule has 0 N–H and O–H groups in total. The van der Waals surface area contributed by atoms with Crippen LogP contribution < -0.4 is 0 Å². The van der Waals surface area contributed by atoms with Crippen molar-refractivity contribution in [1.82, 2.24) is 10.1 Å². The molecule has 0 atom stereocenters. The predicted molar refractivity (Wildman–Crippen MR) is 73.1 cm³/mol. The van der Waals surface area contributed by atoms with E-state index in [1.54, 1.807) is 5.38 Å². The molecule has 2 rings (SSSR count). The first kappa shape index (κ1) is 13.4. The summed E-state index contributed by atoms with van der Waals surface area (Å²) in [6, 6.07) is 1.83. The van der Waals surface area contributed by atoms with Crippen molar-refractivity contribution in [3.8, 4) is 0 Å². The van der Waals surface area contributed by atoms with Gasteiger partial charge in [-0.2, -0.15) is 0 Å². The molecule has 0 unspecified atom stereocenters. The van der Waals surface area contributed by atoms with E-state index in [2.05, 4.69) is 26.1 Å². The first-order valence-electron chi connectivity index (χ1n) is 5.46. The molecule has 0 saturated carbocycles. The number of nitrogens with zero attached hydrogens (tertiary/aromatic N) is 2. The molecule has 2 aromatic heterocycles. The van der Waals surface area contributed by atoms with E-state index in [1.807, 2.05) is 26.8 Å². The first-order valence-corrected chi connectivity index (χ1v) is 7.14. The summed E-state index contributed by atoms with van der Waals surface area (Å²) in [4.78, 5) is 16.0. The Bertz CT molecular complexity index is 569. The van der Waals surface area contributed by atoms with E-state index in [0.717, 1.165) is 5.76 Å². The molecule has 0 fully saturated rings. The zero-order valence-electron chi connectivity index (χ0n) is 10.4. The molecule has 18 heavy (non-hydrogen) atoms. The maximum Gasteiger partial charge on any atom is 0.188 e. The molecule has 0 aliphatic heterocycles. The highest BCUT2D eigenvalue weighted by Gasteiger charge is 2.21. The summed E-state index contributed by atoms with van der Waals surface area (Å²) in [6.45, 7) is 6.12. The molecular weight excluding hydrogens is 316 g/mol. The molecule has 96 valence electrons. The minimum atomic E-state index is -0.0992. The lowest BCUT2D eigenvalue weighted by molar-refractivity contribution is 0.0986. The van der Waals surface area contributed by atoms with Gasteiger partial charge in [-0.15, -0.1) is 11.3 Å². The third-order valence-electron chi connectivity index (χ3n) is 2.40. The van der Waals surface area contributed by atoms with Gasteiger partial charge in [0.05, 0.1) is 12.1 Å². The molecule has 0 aromatic carbocycles. The van der Waals surface area contributed by atoms with E-state index < -0.39 is 0 Å². The van der Waals surface area contributed by atoms with Crippen molar-refractivity contribution >= 4 is 33.0 Å². The average molecular weight is 329 g/mol. The molecule has 4 nitrogen and oxygen atoms in total. The molecule has 0 saturated heterocycles. The average Bonchev–Trinajstić information content (AvgIpc) is 2.85. The summed E-state index contributed by atoms with van der Waals surface area (Å²) >= 11 is 4.63. The largest absolute Gasteiger partial charge is 0.361 e. The molecular formula is C12H13BrN2O2S. The van der Waals surface area contributed by atoms with Gasteiger partial charge in [0.1, 0.15) is 11.5 Å². The SMILES string of the molecule is CC(C)(C)c1cc(CC(=O)c2csc(Br)n2)no1. The van der Waals surface area contributed by atoms with Crippen LogP contribution in [-0.4, -0.2) is 15.9 Å². The maximum absolute atomic E-state index is 11.9.